The zero-order valence-electron chi connectivity index (χ0n) is 48.8. The summed E-state index contributed by atoms with van der Waals surface area (Å²) in [5.41, 5.74) is 14.7. The van der Waals surface area contributed by atoms with Gasteiger partial charge in [-0.15, -0.1) is 15.3 Å². The highest BCUT2D eigenvalue weighted by molar-refractivity contribution is 5.97. The maximum Gasteiger partial charge on any atom is 0.407 e. The SMILES string of the molecule is COc1cc(-c2nc(Nc3cc(Cc4c(Nc5nc(-c6ccc(C(N)C(F)(F)F)cc6)nn5C)ccc5[nH]ncc45)c4[nH]ncc4c3Cc3cc(Nc4nc(-c5ccc(C(=O)NCC(F)(F)F)nc5)nn4C)c(C)c4cn[nH]c34)n(C)n2)cnc1C(=O)NC1CC1. The van der Waals surface area contributed by atoms with Gasteiger partial charge in [0.1, 0.15) is 18.3 Å². The third-order valence-corrected chi connectivity index (χ3v) is 15.6. The van der Waals surface area contributed by atoms with Crippen molar-refractivity contribution in [3.8, 4) is 39.9 Å². The van der Waals surface area contributed by atoms with Gasteiger partial charge in [-0.1, -0.05) is 24.3 Å². The van der Waals surface area contributed by atoms with Crippen molar-refractivity contribution < 1.29 is 40.7 Å². The summed E-state index contributed by atoms with van der Waals surface area (Å²) in [6, 6.07) is 15.7. The Kier molecular flexibility index (Phi) is 14.8. The zero-order chi connectivity index (χ0) is 63.6. The number of nitrogens with one attached hydrogen (secondary N) is 8. The molecule has 0 spiro atoms. The van der Waals surface area contributed by atoms with E-state index in [2.05, 4.69) is 72.0 Å². The van der Waals surface area contributed by atoms with Crippen molar-refractivity contribution in [1.29, 1.82) is 0 Å². The van der Waals surface area contributed by atoms with Gasteiger partial charge in [-0.25, -0.2) is 19.0 Å². The van der Waals surface area contributed by atoms with E-state index in [9.17, 15) is 35.9 Å². The minimum atomic E-state index is -4.62. The fraction of sp³-hybridized carbons (Fsp3) is 0.237. The maximum absolute atomic E-state index is 13.5. The van der Waals surface area contributed by atoms with Crippen molar-refractivity contribution in [3.05, 3.63) is 142 Å². The van der Waals surface area contributed by atoms with E-state index >= 15 is 0 Å². The largest absolute Gasteiger partial charge is 0.494 e. The number of benzene rings is 4. The average molecular weight is 1250 g/mol. The number of carbonyl (C=O) groups excluding carboxylic acids is 2. The summed E-state index contributed by atoms with van der Waals surface area (Å²) in [6.45, 7) is 0.431. The van der Waals surface area contributed by atoms with Crippen LogP contribution in [0.4, 0.5) is 61.2 Å². The van der Waals surface area contributed by atoms with Crippen molar-refractivity contribution in [3.63, 3.8) is 0 Å². The van der Waals surface area contributed by atoms with Gasteiger partial charge in [-0.05, 0) is 95.6 Å². The molecule has 10 N–H and O–H groups in total. The Morgan fingerprint density at radius 1 is 0.637 bits per heavy atom. The van der Waals surface area contributed by atoms with Gasteiger partial charge in [0.05, 0.1) is 42.3 Å². The molecule has 1 atom stereocenters. The lowest BCUT2D eigenvalue weighted by atomic mass is 9.92. The Balaban J connectivity index is 0.868. The first-order valence-corrected chi connectivity index (χ1v) is 28.1. The van der Waals surface area contributed by atoms with Crippen LogP contribution in [0.3, 0.4) is 0 Å². The number of fused-ring (bicyclic) bond motifs is 3. The monoisotopic (exact) mass is 1250 g/mol. The zero-order valence-corrected chi connectivity index (χ0v) is 48.8. The number of aromatic amines is 3. The normalized spacial score (nSPS) is 13.1. The number of aromatic nitrogens is 17. The van der Waals surface area contributed by atoms with E-state index in [1.807, 2.05) is 36.5 Å². The van der Waals surface area contributed by atoms with Crippen LogP contribution in [0, 0.1) is 6.92 Å². The smallest absolute Gasteiger partial charge is 0.407 e. The first-order chi connectivity index (χ1) is 43.6. The van der Waals surface area contributed by atoms with Crippen molar-refractivity contribution in [1.82, 2.24) is 95.5 Å². The summed E-state index contributed by atoms with van der Waals surface area (Å²) in [4.78, 5) is 48.5. The quantitative estimate of drug-likeness (QED) is 0.0341. The fourth-order valence-electron chi connectivity index (χ4n) is 10.6. The molecule has 4 aromatic carbocycles. The van der Waals surface area contributed by atoms with Crippen LogP contribution in [-0.2, 0) is 34.0 Å². The van der Waals surface area contributed by atoms with Crippen LogP contribution in [-0.4, -0.2) is 129 Å². The molecular weight excluding hydrogens is 1190 g/mol. The molecule has 8 heterocycles. The Labute approximate surface area is 509 Å². The summed E-state index contributed by atoms with van der Waals surface area (Å²) in [5.74, 6) is 0.688. The fourth-order valence-corrected chi connectivity index (χ4v) is 10.6. The Bertz CT molecular complexity index is 4770. The molecule has 91 heavy (non-hydrogen) atoms. The van der Waals surface area contributed by atoms with Crippen LogP contribution in [0.1, 0.15) is 73.2 Å². The van der Waals surface area contributed by atoms with Crippen LogP contribution in [0.15, 0.2) is 97.7 Å². The first kappa shape index (κ1) is 58.7. The molecule has 26 nitrogen and oxygen atoms in total. The predicted octanol–water partition coefficient (Wildman–Crippen LogP) is 8.97. The van der Waals surface area contributed by atoms with Crippen molar-refractivity contribution in [2.24, 2.45) is 26.9 Å². The van der Waals surface area contributed by atoms with Gasteiger partial charge in [0.2, 0.25) is 17.8 Å². The number of halogens is 6. The van der Waals surface area contributed by atoms with E-state index in [-0.39, 0.29) is 65.0 Å². The summed E-state index contributed by atoms with van der Waals surface area (Å²) in [7, 11) is 6.58. The maximum atomic E-state index is 13.5. The molecule has 1 aliphatic rings. The number of hydrogen-bond acceptors (Lipinski definition) is 18. The lowest BCUT2D eigenvalue weighted by Crippen LogP contribution is -2.34. The van der Waals surface area contributed by atoms with Gasteiger partial charge in [-0.2, -0.15) is 56.6 Å². The molecule has 0 saturated heterocycles. The predicted molar refractivity (Wildman–Crippen MR) is 322 cm³/mol. The van der Waals surface area contributed by atoms with Gasteiger partial charge >= 0.3 is 12.4 Å². The second-order valence-electron chi connectivity index (χ2n) is 21.8. The second kappa shape index (κ2) is 23.0. The summed E-state index contributed by atoms with van der Waals surface area (Å²) in [6.07, 6.45) is 1.14. The van der Waals surface area contributed by atoms with E-state index in [0.29, 0.717) is 57.1 Å². The molecule has 1 unspecified atom stereocenters. The number of rotatable bonds is 19. The summed E-state index contributed by atoms with van der Waals surface area (Å²) >= 11 is 0. The third kappa shape index (κ3) is 11.8. The number of nitrogens with two attached hydrogens (primary N) is 1. The molecule has 464 valence electrons. The number of methoxy groups -OCH3 is 1. The second-order valence-corrected chi connectivity index (χ2v) is 21.8. The van der Waals surface area contributed by atoms with E-state index in [1.165, 1.54) is 65.3 Å². The number of hydrogen-bond donors (Lipinski definition) is 9. The number of H-pyrrole nitrogens is 3. The Hall–Kier alpha value is -11.3. The number of ether oxygens (including phenoxy) is 1. The minimum absolute atomic E-state index is 0.100. The van der Waals surface area contributed by atoms with E-state index < -0.39 is 30.8 Å². The molecule has 8 aromatic heterocycles. The third-order valence-electron chi connectivity index (χ3n) is 15.6. The van der Waals surface area contributed by atoms with Crippen molar-refractivity contribution in [2.45, 2.75) is 57.0 Å². The topological polar surface area (TPSA) is 333 Å². The molecule has 12 aromatic rings. The summed E-state index contributed by atoms with van der Waals surface area (Å²) in [5, 5.41) is 54.6. The highest BCUT2D eigenvalue weighted by atomic mass is 19.4. The molecule has 0 aliphatic heterocycles. The molecule has 0 bridgehead atoms. The Morgan fingerprint density at radius 2 is 1.19 bits per heavy atom. The molecule has 1 saturated carbocycles. The van der Waals surface area contributed by atoms with Crippen LogP contribution in [0.2, 0.25) is 0 Å². The van der Waals surface area contributed by atoms with Gasteiger partial charge < -0.3 is 37.1 Å². The number of alkyl halides is 6. The highest BCUT2D eigenvalue weighted by Crippen LogP contribution is 2.40. The molecule has 1 fully saturated rings. The molecule has 2 amide bonds. The van der Waals surface area contributed by atoms with E-state index in [0.717, 1.165) is 67.9 Å². The van der Waals surface area contributed by atoms with Crippen LogP contribution in [0.25, 0.3) is 66.9 Å². The molecule has 13 rings (SSSR count). The average Bonchev–Trinajstić information content (AvgIpc) is 1.73. The van der Waals surface area contributed by atoms with E-state index in [4.69, 9.17) is 30.5 Å². The highest BCUT2D eigenvalue weighted by Gasteiger charge is 2.38. The van der Waals surface area contributed by atoms with Crippen molar-refractivity contribution in [2.75, 3.05) is 29.6 Å². The van der Waals surface area contributed by atoms with Crippen LogP contribution in [0.5, 0.6) is 5.75 Å². The Morgan fingerprint density at radius 3 is 1.80 bits per heavy atom. The lowest BCUT2D eigenvalue weighted by molar-refractivity contribution is -0.149. The lowest BCUT2D eigenvalue weighted by Gasteiger charge is -2.18. The summed E-state index contributed by atoms with van der Waals surface area (Å²) < 4.78 is 89.1. The number of carbonyl (C=O) groups is 2. The minimum Gasteiger partial charge on any atom is -0.494 e. The standard InChI is InChI=1S/C59H53F6N23O3/c1-27-37-23-71-81-46(37)31(18-43(27)75-56-78-51(84-87(56)3)30-10-13-42(67-21-30)53(89)69-26-58(60,61)62)17-36-39-25-72-82-47(39)32(19-44(36)76-57-79-52(85-88(57)4)33-20-45(91-5)48(68-22-33)54(90)73-34-11-12-34)16-35-38-24-70-80-41(38)15-14-40(35)74-55-77-50(83-86(55)2)29-8-6-28(7-9-29)49(66)59(63,64)65/h6-10,13-15,18-25,34,49H,11-12,16-17,26,66H2,1-5H3,(H,69,89)(H,70,80)(H,71,81)(H,72,82)(H,73,90)(H,74,77,83)(H,75,78,84)(H,76,79,85). The molecule has 32 heteroatoms. The van der Waals surface area contributed by atoms with Gasteiger partial charge in [0.15, 0.2) is 28.9 Å². The van der Waals surface area contributed by atoms with Crippen LogP contribution < -0.4 is 37.1 Å². The first-order valence-electron chi connectivity index (χ1n) is 28.1. The van der Waals surface area contributed by atoms with Gasteiger partial charge in [0.25, 0.3) is 11.8 Å². The number of nitrogens with zero attached hydrogens (tertiary/aromatic N) is 14. The molecule has 0 radical (unpaired) electrons. The van der Waals surface area contributed by atoms with Gasteiger partial charge in [0, 0.05) is 102 Å². The number of amides is 2. The van der Waals surface area contributed by atoms with Gasteiger partial charge in [-0.3, -0.25) is 29.9 Å². The van der Waals surface area contributed by atoms with Crippen LogP contribution >= 0.6 is 0 Å². The van der Waals surface area contributed by atoms with Crippen molar-refractivity contribution >= 4 is 79.4 Å². The number of pyridine rings is 2. The number of anilines is 6. The molecular formula is C59H53F6N23O3. The molecule has 1 aliphatic carbocycles. The number of aryl methyl sites for hydroxylation is 4. The van der Waals surface area contributed by atoms with E-state index in [1.54, 1.807) is 50.5 Å².